The molecule has 0 aromatic carbocycles. The third-order valence-electron chi connectivity index (χ3n) is 7.22. The van der Waals surface area contributed by atoms with Crippen molar-refractivity contribution in [2.45, 2.75) is 69.6 Å². The van der Waals surface area contributed by atoms with E-state index in [0.717, 1.165) is 19.3 Å². The molecular formula is C16H27NO2. The molecule has 0 radical (unpaired) electrons. The minimum atomic E-state index is -0.195. The first-order valence-electron chi connectivity index (χ1n) is 8.23. The highest BCUT2D eigenvalue weighted by Gasteiger charge is 2.70. The van der Waals surface area contributed by atoms with E-state index < -0.39 is 0 Å². The maximum absolute atomic E-state index is 11.0. The van der Waals surface area contributed by atoms with Gasteiger partial charge in [0.25, 0.3) is 0 Å². The standard InChI is InChI=1S/C16H27NO2/c1-11-10-13(18)16-6-3-9-17-8-2-5-15(16,17)7-4-12(16)14(11)19/h11-14,18-19H,2-10H2,1H3/t11-,12+,13-,14-,15-,16+/m0/s1. The maximum Gasteiger partial charge on any atom is 0.0621 e. The SMILES string of the molecule is C[C@H]1C[C@H](O)[C@]23CCCN4CCC[C@@]42CC[C@@H]3[C@H]1O. The average Bonchev–Trinajstić information content (AvgIpc) is 2.95. The van der Waals surface area contributed by atoms with Gasteiger partial charge in [-0.25, -0.2) is 0 Å². The zero-order chi connectivity index (χ0) is 13.3. The number of aliphatic hydroxyl groups is 2. The van der Waals surface area contributed by atoms with Gasteiger partial charge in [0.05, 0.1) is 12.2 Å². The van der Waals surface area contributed by atoms with Gasteiger partial charge in [0.1, 0.15) is 0 Å². The first-order chi connectivity index (χ1) is 9.12. The Morgan fingerprint density at radius 1 is 1.05 bits per heavy atom. The summed E-state index contributed by atoms with van der Waals surface area (Å²) in [6.45, 7) is 4.54. The van der Waals surface area contributed by atoms with Crippen molar-refractivity contribution >= 4 is 0 Å². The van der Waals surface area contributed by atoms with Crippen molar-refractivity contribution in [3.63, 3.8) is 0 Å². The molecule has 6 atom stereocenters. The van der Waals surface area contributed by atoms with Crippen molar-refractivity contribution in [3.05, 3.63) is 0 Å². The highest BCUT2D eigenvalue weighted by atomic mass is 16.3. The van der Waals surface area contributed by atoms with Crippen molar-refractivity contribution in [3.8, 4) is 0 Å². The van der Waals surface area contributed by atoms with Crippen molar-refractivity contribution in [2.75, 3.05) is 13.1 Å². The molecule has 0 amide bonds. The van der Waals surface area contributed by atoms with Crippen molar-refractivity contribution in [1.29, 1.82) is 0 Å². The van der Waals surface area contributed by atoms with Gasteiger partial charge in [0, 0.05) is 11.0 Å². The number of nitrogens with zero attached hydrogens (tertiary/aromatic N) is 1. The second kappa shape index (κ2) is 3.96. The molecule has 108 valence electrons. The summed E-state index contributed by atoms with van der Waals surface area (Å²) in [5, 5.41) is 21.6. The molecule has 2 N–H and O–H groups in total. The van der Waals surface area contributed by atoms with Gasteiger partial charge in [0.15, 0.2) is 0 Å². The van der Waals surface area contributed by atoms with Crippen LogP contribution in [0, 0.1) is 17.3 Å². The summed E-state index contributed by atoms with van der Waals surface area (Å²) in [6, 6.07) is 0. The highest BCUT2D eigenvalue weighted by Crippen LogP contribution is 2.67. The highest BCUT2D eigenvalue weighted by molar-refractivity contribution is 5.22. The van der Waals surface area contributed by atoms with Crippen LogP contribution < -0.4 is 0 Å². The van der Waals surface area contributed by atoms with E-state index >= 15 is 0 Å². The monoisotopic (exact) mass is 265 g/mol. The Hall–Kier alpha value is -0.120. The molecule has 2 heterocycles. The number of hydrogen-bond donors (Lipinski definition) is 2. The lowest BCUT2D eigenvalue weighted by Crippen LogP contribution is -2.67. The predicted molar refractivity (Wildman–Crippen MR) is 73.7 cm³/mol. The van der Waals surface area contributed by atoms with Crippen LogP contribution in [0.3, 0.4) is 0 Å². The summed E-state index contributed by atoms with van der Waals surface area (Å²) in [7, 11) is 0. The maximum atomic E-state index is 11.0. The second-order valence-electron chi connectivity index (χ2n) is 7.63. The van der Waals surface area contributed by atoms with Crippen LogP contribution in [0.4, 0.5) is 0 Å². The van der Waals surface area contributed by atoms with Crippen LogP contribution in [0.1, 0.15) is 51.9 Å². The van der Waals surface area contributed by atoms with Crippen molar-refractivity contribution < 1.29 is 10.2 Å². The predicted octanol–water partition coefficient (Wildman–Crippen LogP) is 1.77. The fourth-order valence-corrected chi connectivity index (χ4v) is 6.58. The lowest BCUT2D eigenvalue weighted by Gasteiger charge is -2.60. The van der Waals surface area contributed by atoms with Gasteiger partial charge in [-0.2, -0.15) is 0 Å². The lowest BCUT2D eigenvalue weighted by atomic mass is 9.52. The average molecular weight is 265 g/mol. The number of piperidine rings is 1. The van der Waals surface area contributed by atoms with E-state index in [0.29, 0.717) is 5.92 Å². The molecule has 2 aliphatic carbocycles. The Bertz CT molecular complexity index is 387. The van der Waals surface area contributed by atoms with Gasteiger partial charge in [0.2, 0.25) is 0 Å². The van der Waals surface area contributed by atoms with E-state index in [4.69, 9.17) is 0 Å². The van der Waals surface area contributed by atoms with E-state index in [1.807, 2.05) is 0 Å². The fourth-order valence-electron chi connectivity index (χ4n) is 6.58. The Labute approximate surface area is 116 Å². The van der Waals surface area contributed by atoms with Gasteiger partial charge in [-0.05, 0) is 69.9 Å². The molecule has 0 unspecified atom stereocenters. The summed E-state index contributed by atoms with van der Waals surface area (Å²) in [4.78, 5) is 2.68. The summed E-state index contributed by atoms with van der Waals surface area (Å²) >= 11 is 0. The molecule has 2 saturated heterocycles. The molecular weight excluding hydrogens is 238 g/mol. The van der Waals surface area contributed by atoms with Crippen LogP contribution in [0.25, 0.3) is 0 Å². The zero-order valence-electron chi connectivity index (χ0n) is 12.0. The minimum absolute atomic E-state index is 0.00762. The first kappa shape index (κ1) is 12.6. The Kier molecular flexibility index (Phi) is 2.63. The van der Waals surface area contributed by atoms with Gasteiger partial charge in [-0.15, -0.1) is 0 Å². The second-order valence-corrected chi connectivity index (χ2v) is 7.63. The number of aliphatic hydroxyl groups excluding tert-OH is 2. The molecule has 4 rings (SSSR count). The largest absolute Gasteiger partial charge is 0.393 e. The van der Waals surface area contributed by atoms with E-state index in [-0.39, 0.29) is 29.1 Å². The van der Waals surface area contributed by atoms with Crippen LogP contribution in [0.5, 0.6) is 0 Å². The lowest BCUT2D eigenvalue weighted by molar-refractivity contribution is -0.184. The fraction of sp³-hybridized carbons (Fsp3) is 1.00. The van der Waals surface area contributed by atoms with E-state index in [1.165, 1.54) is 38.8 Å². The Balaban J connectivity index is 1.82. The summed E-state index contributed by atoms with van der Waals surface area (Å²) in [5.74, 6) is 0.602. The topological polar surface area (TPSA) is 43.7 Å². The Morgan fingerprint density at radius 3 is 2.58 bits per heavy atom. The van der Waals surface area contributed by atoms with E-state index in [1.54, 1.807) is 0 Å². The van der Waals surface area contributed by atoms with Gasteiger partial charge >= 0.3 is 0 Å². The smallest absolute Gasteiger partial charge is 0.0621 e. The quantitative estimate of drug-likeness (QED) is 0.701. The molecule has 19 heavy (non-hydrogen) atoms. The minimum Gasteiger partial charge on any atom is -0.393 e. The third-order valence-corrected chi connectivity index (χ3v) is 7.22. The van der Waals surface area contributed by atoms with Crippen molar-refractivity contribution in [2.24, 2.45) is 17.3 Å². The molecule has 4 fully saturated rings. The normalized spacial score (nSPS) is 57.6. The van der Waals surface area contributed by atoms with Crippen molar-refractivity contribution in [1.82, 2.24) is 4.90 Å². The summed E-state index contributed by atoms with van der Waals surface area (Å²) in [6.07, 6.45) is 7.62. The van der Waals surface area contributed by atoms with Crippen LogP contribution in [-0.4, -0.2) is 45.9 Å². The van der Waals surface area contributed by atoms with Crippen LogP contribution in [0.2, 0.25) is 0 Å². The number of rotatable bonds is 0. The molecule has 3 heteroatoms. The van der Waals surface area contributed by atoms with E-state index in [2.05, 4.69) is 11.8 Å². The van der Waals surface area contributed by atoms with E-state index in [9.17, 15) is 10.2 Å². The summed E-state index contributed by atoms with van der Waals surface area (Å²) in [5.41, 5.74) is 0.240. The van der Waals surface area contributed by atoms with Crippen LogP contribution in [0.15, 0.2) is 0 Å². The zero-order valence-corrected chi connectivity index (χ0v) is 12.0. The Morgan fingerprint density at radius 2 is 1.79 bits per heavy atom. The first-order valence-corrected chi connectivity index (χ1v) is 8.23. The number of hydrogen-bond acceptors (Lipinski definition) is 3. The van der Waals surface area contributed by atoms with Crippen LogP contribution in [-0.2, 0) is 0 Å². The van der Waals surface area contributed by atoms with Gasteiger partial charge < -0.3 is 10.2 Å². The summed E-state index contributed by atoms with van der Waals surface area (Å²) < 4.78 is 0. The molecule has 2 spiro atoms. The molecule has 2 saturated carbocycles. The molecule has 3 nitrogen and oxygen atoms in total. The third kappa shape index (κ3) is 1.30. The van der Waals surface area contributed by atoms with Crippen LogP contribution >= 0.6 is 0 Å². The molecule has 0 aromatic heterocycles. The molecule has 4 aliphatic rings. The van der Waals surface area contributed by atoms with Gasteiger partial charge in [-0.1, -0.05) is 6.92 Å². The molecule has 2 aliphatic heterocycles. The van der Waals surface area contributed by atoms with Gasteiger partial charge in [-0.3, -0.25) is 4.90 Å². The molecule has 0 aromatic rings. The molecule has 0 bridgehead atoms.